The number of rotatable bonds is 6. The predicted molar refractivity (Wildman–Crippen MR) is 111 cm³/mol. The van der Waals surface area contributed by atoms with Gasteiger partial charge in [-0.05, 0) is 75.6 Å². The maximum atomic E-state index is 13.1. The van der Waals surface area contributed by atoms with Gasteiger partial charge in [0.05, 0.1) is 12.0 Å². The van der Waals surface area contributed by atoms with E-state index in [1.807, 2.05) is 33.8 Å². The summed E-state index contributed by atoms with van der Waals surface area (Å²) in [5.74, 6) is 0.733. The minimum absolute atomic E-state index is 0.0361. The molecule has 0 atom stereocenters. The Hall–Kier alpha value is -2.19. The van der Waals surface area contributed by atoms with E-state index in [2.05, 4.69) is 14.7 Å². The van der Waals surface area contributed by atoms with Crippen LogP contribution in [-0.4, -0.2) is 37.6 Å². The van der Waals surface area contributed by atoms with Gasteiger partial charge in [-0.2, -0.15) is 0 Å². The molecule has 3 rings (SSSR count). The lowest BCUT2D eigenvalue weighted by Crippen LogP contribution is -2.40. The summed E-state index contributed by atoms with van der Waals surface area (Å²) in [5.41, 5.74) is 3.60. The minimum Gasteiger partial charge on any atom is -0.477 e. The Morgan fingerprint density at radius 2 is 1.48 bits per heavy atom. The Morgan fingerprint density at radius 1 is 0.931 bits per heavy atom. The molecule has 1 fully saturated rings. The number of methoxy groups -OCH3 is 1. The van der Waals surface area contributed by atoms with Crippen molar-refractivity contribution in [2.24, 2.45) is 0 Å². The van der Waals surface area contributed by atoms with Crippen molar-refractivity contribution >= 4 is 10.0 Å². The lowest BCUT2D eigenvalue weighted by molar-refractivity contribution is 0.132. The number of ether oxygens (including phenoxy) is 2. The summed E-state index contributed by atoms with van der Waals surface area (Å²) in [6.45, 7) is 7.64. The molecule has 1 aromatic carbocycles. The Balaban J connectivity index is 1.67. The molecule has 8 heteroatoms. The van der Waals surface area contributed by atoms with E-state index in [1.54, 1.807) is 12.4 Å². The lowest BCUT2D eigenvalue weighted by Gasteiger charge is -2.29. The first kappa shape index (κ1) is 21.5. The van der Waals surface area contributed by atoms with Crippen LogP contribution in [0.3, 0.4) is 0 Å². The standard InChI is InChI=1S/C21H29N3O4S/c1-13-12-14(2)16(4)19(15(13)3)29(25,26)24-17-6-8-18(9-7-17)28-21-20(27-5)22-10-11-23-21/h10-12,17-18,24H,6-9H2,1-5H3. The molecule has 1 aromatic heterocycles. The molecule has 7 nitrogen and oxygen atoms in total. The second-order valence-electron chi connectivity index (χ2n) is 7.67. The summed E-state index contributed by atoms with van der Waals surface area (Å²) in [7, 11) is -2.06. The van der Waals surface area contributed by atoms with Gasteiger partial charge in [0, 0.05) is 18.4 Å². The van der Waals surface area contributed by atoms with E-state index in [9.17, 15) is 8.42 Å². The maximum Gasteiger partial charge on any atom is 0.278 e. The third-order valence-electron chi connectivity index (χ3n) is 5.67. The molecular weight excluding hydrogens is 390 g/mol. The Bertz CT molecular complexity index is 957. The molecule has 2 aromatic rings. The average molecular weight is 420 g/mol. The van der Waals surface area contributed by atoms with Crippen LogP contribution in [-0.2, 0) is 10.0 Å². The van der Waals surface area contributed by atoms with Crippen molar-refractivity contribution < 1.29 is 17.9 Å². The van der Waals surface area contributed by atoms with Gasteiger partial charge in [0.15, 0.2) is 0 Å². The summed E-state index contributed by atoms with van der Waals surface area (Å²) in [6.07, 6.45) is 5.95. The summed E-state index contributed by atoms with van der Waals surface area (Å²) in [5, 5.41) is 0. The van der Waals surface area contributed by atoms with Crippen LogP contribution in [0.15, 0.2) is 23.4 Å². The molecule has 29 heavy (non-hydrogen) atoms. The number of nitrogens with zero attached hydrogens (tertiary/aromatic N) is 2. The van der Waals surface area contributed by atoms with E-state index in [0.717, 1.165) is 35.1 Å². The predicted octanol–water partition coefficient (Wildman–Crippen LogP) is 3.39. The monoisotopic (exact) mass is 419 g/mol. The van der Waals surface area contributed by atoms with Gasteiger partial charge in [-0.15, -0.1) is 0 Å². The van der Waals surface area contributed by atoms with Crippen molar-refractivity contribution in [1.82, 2.24) is 14.7 Å². The summed E-state index contributed by atoms with van der Waals surface area (Å²) in [6, 6.07) is 1.93. The van der Waals surface area contributed by atoms with Gasteiger partial charge in [-0.1, -0.05) is 6.07 Å². The molecule has 1 aliphatic rings. The van der Waals surface area contributed by atoms with E-state index in [-0.39, 0.29) is 12.1 Å². The number of sulfonamides is 1. The smallest absolute Gasteiger partial charge is 0.278 e. The summed E-state index contributed by atoms with van der Waals surface area (Å²) < 4.78 is 40.3. The van der Waals surface area contributed by atoms with Crippen LogP contribution in [0.4, 0.5) is 0 Å². The molecule has 1 heterocycles. The highest BCUT2D eigenvalue weighted by Gasteiger charge is 2.29. The fourth-order valence-corrected chi connectivity index (χ4v) is 5.77. The van der Waals surface area contributed by atoms with Gasteiger partial charge in [-0.25, -0.2) is 23.1 Å². The molecule has 0 bridgehead atoms. The molecule has 0 amide bonds. The molecular formula is C21H29N3O4S. The second kappa shape index (κ2) is 8.67. The lowest BCUT2D eigenvalue weighted by atomic mass is 9.94. The van der Waals surface area contributed by atoms with Crippen LogP contribution in [0.25, 0.3) is 0 Å². The number of nitrogens with one attached hydrogen (secondary N) is 1. The van der Waals surface area contributed by atoms with Crippen molar-refractivity contribution in [3.05, 3.63) is 40.7 Å². The highest BCUT2D eigenvalue weighted by Crippen LogP contribution is 2.30. The fourth-order valence-electron chi connectivity index (χ4n) is 3.85. The van der Waals surface area contributed by atoms with Crippen LogP contribution in [0.1, 0.15) is 47.9 Å². The maximum absolute atomic E-state index is 13.1. The fraction of sp³-hybridized carbons (Fsp3) is 0.524. The average Bonchev–Trinajstić information content (AvgIpc) is 2.68. The first-order valence-electron chi connectivity index (χ1n) is 9.84. The zero-order valence-electron chi connectivity index (χ0n) is 17.7. The molecule has 1 aliphatic carbocycles. The molecule has 0 unspecified atom stereocenters. The Kier molecular flexibility index (Phi) is 6.43. The van der Waals surface area contributed by atoms with Crippen molar-refractivity contribution in [3.8, 4) is 11.8 Å². The van der Waals surface area contributed by atoms with Crippen molar-refractivity contribution in [2.75, 3.05) is 7.11 Å². The van der Waals surface area contributed by atoms with Crippen molar-refractivity contribution in [2.45, 2.75) is 70.4 Å². The van der Waals surface area contributed by atoms with Crippen LogP contribution in [0.2, 0.25) is 0 Å². The molecule has 0 saturated heterocycles. The number of hydrogen-bond donors (Lipinski definition) is 1. The Morgan fingerprint density at radius 3 is 2.03 bits per heavy atom. The highest BCUT2D eigenvalue weighted by atomic mass is 32.2. The first-order chi connectivity index (χ1) is 13.7. The van der Waals surface area contributed by atoms with Crippen LogP contribution in [0, 0.1) is 27.7 Å². The second-order valence-corrected chi connectivity index (χ2v) is 9.32. The van der Waals surface area contributed by atoms with E-state index in [0.29, 0.717) is 29.5 Å². The molecule has 158 valence electrons. The third-order valence-corrected chi connectivity index (χ3v) is 7.46. The van der Waals surface area contributed by atoms with Gasteiger partial charge in [0.1, 0.15) is 6.10 Å². The van der Waals surface area contributed by atoms with E-state index < -0.39 is 10.0 Å². The molecule has 0 spiro atoms. The number of hydrogen-bond acceptors (Lipinski definition) is 6. The third kappa shape index (κ3) is 4.70. The zero-order valence-corrected chi connectivity index (χ0v) is 18.5. The normalized spacial score (nSPS) is 19.8. The molecule has 0 radical (unpaired) electrons. The highest BCUT2D eigenvalue weighted by molar-refractivity contribution is 7.89. The van der Waals surface area contributed by atoms with Gasteiger partial charge < -0.3 is 9.47 Å². The topological polar surface area (TPSA) is 90.4 Å². The minimum atomic E-state index is -3.59. The molecule has 0 aliphatic heterocycles. The molecule has 1 N–H and O–H groups in total. The first-order valence-corrected chi connectivity index (χ1v) is 11.3. The van der Waals surface area contributed by atoms with Gasteiger partial charge >= 0.3 is 0 Å². The van der Waals surface area contributed by atoms with E-state index >= 15 is 0 Å². The van der Waals surface area contributed by atoms with Crippen molar-refractivity contribution in [3.63, 3.8) is 0 Å². The SMILES string of the molecule is COc1nccnc1OC1CCC(NS(=O)(=O)c2c(C)c(C)cc(C)c2C)CC1. The van der Waals surface area contributed by atoms with Crippen LogP contribution >= 0.6 is 0 Å². The number of aromatic nitrogens is 2. The van der Waals surface area contributed by atoms with Gasteiger partial charge in [0.2, 0.25) is 10.0 Å². The number of aryl methyl sites for hydroxylation is 2. The van der Waals surface area contributed by atoms with E-state index in [1.165, 1.54) is 7.11 Å². The van der Waals surface area contributed by atoms with Crippen LogP contribution in [0.5, 0.6) is 11.8 Å². The van der Waals surface area contributed by atoms with Gasteiger partial charge in [0.25, 0.3) is 11.8 Å². The zero-order chi connectivity index (χ0) is 21.2. The quantitative estimate of drug-likeness (QED) is 0.772. The van der Waals surface area contributed by atoms with Crippen molar-refractivity contribution in [1.29, 1.82) is 0 Å². The summed E-state index contributed by atoms with van der Waals surface area (Å²) >= 11 is 0. The Labute approximate surface area is 172 Å². The van der Waals surface area contributed by atoms with E-state index in [4.69, 9.17) is 9.47 Å². The summed E-state index contributed by atoms with van der Waals surface area (Å²) in [4.78, 5) is 8.68. The van der Waals surface area contributed by atoms with Crippen LogP contribution < -0.4 is 14.2 Å². The van der Waals surface area contributed by atoms with Gasteiger partial charge in [-0.3, -0.25) is 0 Å². The number of benzene rings is 1. The molecule has 1 saturated carbocycles. The largest absolute Gasteiger partial charge is 0.477 e.